The van der Waals surface area contributed by atoms with Crippen LogP contribution in [0.3, 0.4) is 0 Å². The number of benzene rings is 2. The third-order valence-corrected chi connectivity index (χ3v) is 3.41. The van der Waals surface area contributed by atoms with E-state index in [-0.39, 0.29) is 0 Å². The van der Waals surface area contributed by atoms with Gasteiger partial charge in [-0.15, -0.1) is 0 Å². The van der Waals surface area contributed by atoms with Crippen LogP contribution in [0.25, 0.3) is 22.0 Å². The van der Waals surface area contributed by atoms with Crippen molar-refractivity contribution >= 4 is 34.6 Å². The molecule has 1 heterocycles. The van der Waals surface area contributed by atoms with E-state index in [2.05, 4.69) is 4.98 Å². The molecule has 0 aliphatic heterocycles. The minimum atomic E-state index is -0.573. The zero-order valence-corrected chi connectivity index (χ0v) is 11.1. The number of hydrogen-bond acceptors (Lipinski definition) is 2. The number of fused-ring (bicyclic) bond motifs is 1. The van der Waals surface area contributed by atoms with Gasteiger partial charge in [0.05, 0.1) is 5.69 Å². The van der Waals surface area contributed by atoms with Gasteiger partial charge in [0.15, 0.2) is 6.29 Å². The molecule has 0 fully saturated rings. The molecule has 98 valence electrons. The van der Waals surface area contributed by atoms with Gasteiger partial charge in [0.2, 0.25) is 5.78 Å². The number of nitrogens with one attached hydrogen (secondary N) is 1. The average molecular weight is 284 g/mol. The van der Waals surface area contributed by atoms with E-state index in [1.165, 1.54) is 0 Å². The molecule has 3 nitrogen and oxygen atoms in total. The summed E-state index contributed by atoms with van der Waals surface area (Å²) < 4.78 is 0. The van der Waals surface area contributed by atoms with Crippen molar-refractivity contribution in [3.05, 3.63) is 59.2 Å². The molecule has 0 amide bonds. The Balaban J connectivity index is 2.39. The Morgan fingerprint density at radius 2 is 1.85 bits per heavy atom. The zero-order valence-electron chi connectivity index (χ0n) is 10.4. The van der Waals surface area contributed by atoms with Crippen LogP contribution in [0.15, 0.2) is 48.5 Å². The molecule has 0 unspecified atom stereocenters. The molecule has 20 heavy (non-hydrogen) atoms. The molecule has 2 aromatic carbocycles. The van der Waals surface area contributed by atoms with Crippen LogP contribution in [0.2, 0.25) is 5.02 Å². The number of aldehydes is 1. The lowest BCUT2D eigenvalue weighted by atomic mass is 10.0. The van der Waals surface area contributed by atoms with Gasteiger partial charge in [0, 0.05) is 21.5 Å². The smallest absolute Gasteiger partial charge is 0.242 e. The summed E-state index contributed by atoms with van der Waals surface area (Å²) in [6.45, 7) is 0. The number of carbonyl (C=O) groups excluding carboxylic acids is 2. The third-order valence-electron chi connectivity index (χ3n) is 3.18. The van der Waals surface area contributed by atoms with E-state index in [9.17, 15) is 9.59 Å². The largest absolute Gasteiger partial charge is 0.351 e. The summed E-state index contributed by atoms with van der Waals surface area (Å²) in [5.41, 5.74) is 2.65. The topological polar surface area (TPSA) is 49.9 Å². The lowest BCUT2D eigenvalue weighted by molar-refractivity contribution is -0.104. The van der Waals surface area contributed by atoms with Gasteiger partial charge in [-0.2, -0.15) is 0 Å². The molecule has 0 saturated carbocycles. The highest BCUT2D eigenvalue weighted by molar-refractivity contribution is 6.36. The predicted molar refractivity (Wildman–Crippen MR) is 79.1 cm³/mol. The second-order valence-corrected chi connectivity index (χ2v) is 4.85. The van der Waals surface area contributed by atoms with Gasteiger partial charge in [-0.1, -0.05) is 41.9 Å². The Labute approximate surface area is 120 Å². The van der Waals surface area contributed by atoms with E-state index >= 15 is 0 Å². The van der Waals surface area contributed by atoms with E-state index in [0.29, 0.717) is 22.6 Å². The first-order chi connectivity index (χ1) is 9.70. The van der Waals surface area contributed by atoms with Crippen molar-refractivity contribution in [3.8, 4) is 11.1 Å². The van der Waals surface area contributed by atoms with Crippen LogP contribution in [-0.4, -0.2) is 17.1 Å². The second-order valence-electron chi connectivity index (χ2n) is 4.41. The molecule has 0 bridgehead atoms. The van der Waals surface area contributed by atoms with E-state index < -0.39 is 5.78 Å². The summed E-state index contributed by atoms with van der Waals surface area (Å²) in [5.74, 6) is -0.573. The van der Waals surface area contributed by atoms with E-state index in [0.717, 1.165) is 16.5 Å². The fourth-order valence-corrected chi connectivity index (χ4v) is 2.48. The van der Waals surface area contributed by atoms with Crippen LogP contribution >= 0.6 is 11.6 Å². The van der Waals surface area contributed by atoms with E-state index in [4.69, 9.17) is 11.6 Å². The van der Waals surface area contributed by atoms with Crippen LogP contribution in [0, 0.1) is 0 Å². The summed E-state index contributed by atoms with van der Waals surface area (Å²) in [7, 11) is 0. The van der Waals surface area contributed by atoms with Crippen LogP contribution < -0.4 is 0 Å². The summed E-state index contributed by atoms with van der Waals surface area (Å²) in [5, 5.41) is 1.41. The summed E-state index contributed by atoms with van der Waals surface area (Å²) in [6.07, 6.45) is 0.318. The first-order valence-corrected chi connectivity index (χ1v) is 6.44. The number of aromatic nitrogens is 1. The number of H-pyrrole nitrogens is 1. The fraction of sp³-hybridized carbons (Fsp3) is 0. The first kappa shape index (κ1) is 12.6. The predicted octanol–water partition coefficient (Wildman–Crippen LogP) is 3.87. The Morgan fingerprint density at radius 3 is 2.55 bits per heavy atom. The van der Waals surface area contributed by atoms with Crippen LogP contribution in [0.4, 0.5) is 0 Å². The molecule has 0 atom stereocenters. The van der Waals surface area contributed by atoms with Gasteiger partial charge >= 0.3 is 0 Å². The molecule has 0 aliphatic rings. The van der Waals surface area contributed by atoms with E-state index in [1.807, 2.05) is 30.3 Å². The van der Waals surface area contributed by atoms with Crippen molar-refractivity contribution in [2.45, 2.75) is 0 Å². The first-order valence-electron chi connectivity index (χ1n) is 6.07. The maximum absolute atomic E-state index is 11.8. The minimum absolute atomic E-state index is 0.295. The lowest BCUT2D eigenvalue weighted by Crippen LogP contribution is -2.02. The molecule has 1 N–H and O–H groups in total. The molecule has 0 aliphatic carbocycles. The highest BCUT2D eigenvalue weighted by Gasteiger charge is 2.18. The SMILES string of the molecule is O=CC(=O)c1[nH]c2ccc(Cl)cc2c1-c1ccccc1. The standard InChI is InChI=1S/C16H10ClNO2/c17-11-6-7-13-12(8-11)15(10-4-2-1-3-5-10)16(18-13)14(20)9-19/h1-9,18H. The van der Waals surface area contributed by atoms with Crippen LogP contribution in [0.1, 0.15) is 10.5 Å². The summed E-state index contributed by atoms with van der Waals surface area (Å²) in [6, 6.07) is 14.8. The van der Waals surface area contributed by atoms with Crippen molar-refractivity contribution in [1.29, 1.82) is 0 Å². The highest BCUT2D eigenvalue weighted by Crippen LogP contribution is 2.34. The van der Waals surface area contributed by atoms with Crippen molar-refractivity contribution in [1.82, 2.24) is 4.98 Å². The van der Waals surface area contributed by atoms with Crippen molar-refractivity contribution in [2.24, 2.45) is 0 Å². The van der Waals surface area contributed by atoms with E-state index in [1.54, 1.807) is 18.2 Å². The Morgan fingerprint density at radius 1 is 1.10 bits per heavy atom. The number of ketones is 1. The third kappa shape index (κ3) is 2.02. The molecule has 1 aromatic heterocycles. The van der Waals surface area contributed by atoms with Gasteiger partial charge < -0.3 is 4.98 Å². The van der Waals surface area contributed by atoms with Gasteiger partial charge in [0.1, 0.15) is 0 Å². The Hall–Kier alpha value is -2.39. The van der Waals surface area contributed by atoms with Gasteiger partial charge in [-0.25, -0.2) is 0 Å². The highest BCUT2D eigenvalue weighted by atomic mass is 35.5. The summed E-state index contributed by atoms with van der Waals surface area (Å²) >= 11 is 6.03. The quantitative estimate of drug-likeness (QED) is 0.451. The number of halogens is 1. The lowest BCUT2D eigenvalue weighted by Gasteiger charge is -2.02. The zero-order chi connectivity index (χ0) is 14.1. The fourth-order valence-electron chi connectivity index (χ4n) is 2.31. The maximum Gasteiger partial charge on any atom is 0.242 e. The van der Waals surface area contributed by atoms with Crippen LogP contribution in [0.5, 0.6) is 0 Å². The number of aromatic amines is 1. The van der Waals surface area contributed by atoms with Crippen LogP contribution in [-0.2, 0) is 4.79 Å². The summed E-state index contributed by atoms with van der Waals surface area (Å²) in [4.78, 5) is 25.7. The van der Waals surface area contributed by atoms with Gasteiger partial charge in [0.25, 0.3) is 0 Å². The minimum Gasteiger partial charge on any atom is -0.351 e. The van der Waals surface area contributed by atoms with Gasteiger partial charge in [-0.3, -0.25) is 9.59 Å². The molecule has 4 heteroatoms. The van der Waals surface area contributed by atoms with Gasteiger partial charge in [-0.05, 0) is 23.8 Å². The molecule has 0 spiro atoms. The Bertz CT molecular complexity index is 806. The van der Waals surface area contributed by atoms with Crippen molar-refractivity contribution in [2.75, 3.05) is 0 Å². The monoisotopic (exact) mass is 283 g/mol. The molecular formula is C16H10ClNO2. The average Bonchev–Trinajstić information content (AvgIpc) is 2.85. The van der Waals surface area contributed by atoms with Crippen molar-refractivity contribution in [3.63, 3.8) is 0 Å². The van der Waals surface area contributed by atoms with Crippen molar-refractivity contribution < 1.29 is 9.59 Å². The molecule has 0 radical (unpaired) electrons. The molecular weight excluding hydrogens is 274 g/mol. The number of Topliss-reactive ketones (excluding diaryl/α,β-unsaturated/α-hetero) is 1. The Kier molecular flexibility index (Phi) is 3.12. The normalized spacial score (nSPS) is 10.7. The molecule has 3 aromatic rings. The number of rotatable bonds is 3. The molecule has 0 saturated heterocycles. The second kappa shape index (κ2) is 4.94. The molecule has 3 rings (SSSR count). The number of carbonyl (C=O) groups is 2. The number of hydrogen-bond donors (Lipinski definition) is 1. The maximum atomic E-state index is 11.8.